The van der Waals surface area contributed by atoms with E-state index in [2.05, 4.69) is 30.2 Å². The minimum Gasteiger partial charge on any atom is -0.495 e. The lowest BCUT2D eigenvalue weighted by atomic mass is 9.99. The van der Waals surface area contributed by atoms with Crippen molar-refractivity contribution in [2.75, 3.05) is 13.7 Å². The third-order valence-corrected chi connectivity index (χ3v) is 5.73. The first kappa shape index (κ1) is 20.0. The maximum atomic E-state index is 14.3. The molecule has 34 heavy (non-hydrogen) atoms. The summed E-state index contributed by atoms with van der Waals surface area (Å²) in [6, 6.07) is 7.25. The summed E-state index contributed by atoms with van der Waals surface area (Å²) in [5, 5.41) is 12.4. The first-order chi connectivity index (χ1) is 16.6. The lowest BCUT2D eigenvalue weighted by Gasteiger charge is -2.32. The van der Waals surface area contributed by atoms with Crippen LogP contribution in [0.3, 0.4) is 0 Å². The Hall–Kier alpha value is -4.61. The van der Waals surface area contributed by atoms with Crippen LogP contribution in [-0.4, -0.2) is 59.2 Å². The number of carbonyl (C=O) groups excluding carboxylic acids is 1. The van der Waals surface area contributed by atoms with Crippen molar-refractivity contribution in [2.24, 2.45) is 0 Å². The van der Waals surface area contributed by atoms with Crippen LogP contribution in [0.1, 0.15) is 33.8 Å². The molecule has 1 N–H and O–H groups in total. The van der Waals surface area contributed by atoms with Gasteiger partial charge in [0.15, 0.2) is 0 Å². The number of rotatable bonds is 4. The molecular weight excluding hydrogens is 443 g/mol. The number of fused-ring (bicyclic) bond motifs is 2. The monoisotopic (exact) mass is 460 g/mol. The van der Waals surface area contributed by atoms with Gasteiger partial charge in [-0.2, -0.15) is 5.10 Å². The number of hydrogen-bond donors (Lipinski definition) is 1. The highest BCUT2D eigenvalue weighted by Crippen LogP contribution is 2.34. The van der Waals surface area contributed by atoms with Crippen molar-refractivity contribution in [3.8, 4) is 17.3 Å². The molecule has 11 nitrogen and oxygen atoms in total. The van der Waals surface area contributed by atoms with Gasteiger partial charge in [0.1, 0.15) is 28.8 Å². The minimum absolute atomic E-state index is 0.106. The van der Waals surface area contributed by atoms with Crippen molar-refractivity contribution in [3.63, 3.8) is 0 Å². The number of carbonyl (C=O) groups is 1. The van der Waals surface area contributed by atoms with Crippen LogP contribution in [0, 0.1) is 5.82 Å². The van der Waals surface area contributed by atoms with Gasteiger partial charge >= 0.3 is 11.8 Å². The zero-order valence-corrected chi connectivity index (χ0v) is 17.8. The van der Waals surface area contributed by atoms with E-state index in [-0.39, 0.29) is 11.8 Å². The first-order valence-electron chi connectivity index (χ1n) is 10.4. The molecule has 0 saturated heterocycles. The molecule has 6 heterocycles. The molecule has 0 spiro atoms. The molecule has 1 aliphatic rings. The number of imidazole rings is 1. The molecule has 1 aliphatic heterocycles. The standard InChI is InChI=1S/C22H17FN8O3/c1-33-12-4-5-15(24-10-12)20-27-28-21(34-20)22(32)30-8-6-14-18(26-11-25-14)19(30)16-9-17-13(23)3-2-7-31(17)29-16/h2-5,7,9-11,19H,6,8H2,1H3,(H,25,26). The molecule has 6 rings (SSSR count). The average molecular weight is 460 g/mol. The number of amides is 1. The quantitative estimate of drug-likeness (QED) is 0.433. The van der Waals surface area contributed by atoms with Crippen LogP contribution in [0.25, 0.3) is 17.1 Å². The number of halogens is 1. The second kappa shape index (κ2) is 7.76. The van der Waals surface area contributed by atoms with Gasteiger partial charge in [0.2, 0.25) is 0 Å². The Kier molecular flexibility index (Phi) is 4.57. The highest BCUT2D eigenvalue weighted by atomic mass is 19.1. The number of aromatic amines is 1. The molecule has 170 valence electrons. The number of methoxy groups -OCH3 is 1. The van der Waals surface area contributed by atoms with E-state index < -0.39 is 17.8 Å². The van der Waals surface area contributed by atoms with Gasteiger partial charge in [-0.05, 0) is 30.3 Å². The normalized spacial score (nSPS) is 15.5. The summed E-state index contributed by atoms with van der Waals surface area (Å²) < 4.78 is 26.5. The number of hydrogen-bond acceptors (Lipinski definition) is 8. The molecule has 0 aromatic carbocycles. The third kappa shape index (κ3) is 3.18. The van der Waals surface area contributed by atoms with E-state index in [1.165, 1.54) is 23.9 Å². The van der Waals surface area contributed by atoms with Gasteiger partial charge in [-0.1, -0.05) is 0 Å². The fourth-order valence-electron chi connectivity index (χ4n) is 4.09. The Morgan fingerprint density at radius 1 is 1.26 bits per heavy atom. The van der Waals surface area contributed by atoms with Crippen LogP contribution in [0.4, 0.5) is 4.39 Å². The maximum Gasteiger partial charge on any atom is 0.312 e. The predicted molar refractivity (Wildman–Crippen MR) is 114 cm³/mol. The number of nitrogens with one attached hydrogen (secondary N) is 1. The Balaban J connectivity index is 1.37. The minimum atomic E-state index is -0.656. The Morgan fingerprint density at radius 3 is 2.97 bits per heavy atom. The molecule has 5 aromatic rings. The summed E-state index contributed by atoms with van der Waals surface area (Å²) in [5.74, 6) is -0.398. The van der Waals surface area contributed by atoms with Crippen LogP contribution in [0.15, 0.2) is 53.5 Å². The van der Waals surface area contributed by atoms with Gasteiger partial charge in [-0.3, -0.25) is 4.79 Å². The lowest BCUT2D eigenvalue weighted by Crippen LogP contribution is -2.41. The number of nitrogens with zero attached hydrogens (tertiary/aromatic N) is 7. The molecule has 12 heteroatoms. The van der Waals surface area contributed by atoms with Crippen molar-refractivity contribution >= 4 is 11.4 Å². The van der Waals surface area contributed by atoms with E-state index in [0.29, 0.717) is 41.3 Å². The van der Waals surface area contributed by atoms with Gasteiger partial charge in [-0.15, -0.1) is 10.2 Å². The Bertz CT molecular complexity index is 1510. The van der Waals surface area contributed by atoms with Crippen molar-refractivity contribution in [1.29, 1.82) is 0 Å². The molecule has 0 radical (unpaired) electrons. The SMILES string of the molecule is COc1ccc(-c2nnc(C(=O)N3CCc4[nH]cnc4C3c3cc4c(F)cccn4n3)o2)nc1. The molecule has 1 unspecified atom stereocenters. The topological polar surface area (TPSA) is 127 Å². The van der Waals surface area contributed by atoms with Gasteiger partial charge in [0.05, 0.1) is 31.0 Å². The maximum absolute atomic E-state index is 14.3. The number of H-pyrrole nitrogens is 1. The predicted octanol–water partition coefficient (Wildman–Crippen LogP) is 2.44. The van der Waals surface area contributed by atoms with Crippen molar-refractivity contribution in [1.82, 2.24) is 39.7 Å². The smallest absolute Gasteiger partial charge is 0.312 e. The molecule has 0 bridgehead atoms. The van der Waals surface area contributed by atoms with Gasteiger partial charge < -0.3 is 19.0 Å². The fraction of sp³-hybridized carbons (Fsp3) is 0.182. The summed E-state index contributed by atoms with van der Waals surface area (Å²) in [7, 11) is 1.54. The van der Waals surface area contributed by atoms with Crippen LogP contribution in [-0.2, 0) is 6.42 Å². The largest absolute Gasteiger partial charge is 0.495 e. The third-order valence-electron chi connectivity index (χ3n) is 5.73. The van der Waals surface area contributed by atoms with Gasteiger partial charge in [-0.25, -0.2) is 18.9 Å². The van der Waals surface area contributed by atoms with E-state index in [4.69, 9.17) is 9.15 Å². The van der Waals surface area contributed by atoms with Crippen LogP contribution >= 0.6 is 0 Å². The summed E-state index contributed by atoms with van der Waals surface area (Å²) in [6.07, 6.45) is 5.29. The molecule has 5 aromatic heterocycles. The Morgan fingerprint density at radius 2 is 2.18 bits per heavy atom. The zero-order valence-electron chi connectivity index (χ0n) is 17.8. The van der Waals surface area contributed by atoms with Crippen LogP contribution < -0.4 is 4.74 Å². The first-order valence-corrected chi connectivity index (χ1v) is 10.4. The molecular formula is C22H17FN8O3. The molecule has 1 amide bonds. The summed E-state index contributed by atoms with van der Waals surface area (Å²) in [5.41, 5.74) is 2.72. The van der Waals surface area contributed by atoms with E-state index in [1.54, 1.807) is 41.7 Å². The summed E-state index contributed by atoms with van der Waals surface area (Å²) >= 11 is 0. The van der Waals surface area contributed by atoms with Gasteiger partial charge in [0.25, 0.3) is 5.89 Å². The number of pyridine rings is 2. The van der Waals surface area contributed by atoms with Crippen molar-refractivity contribution < 1.29 is 18.3 Å². The number of aromatic nitrogens is 7. The molecule has 0 saturated carbocycles. The van der Waals surface area contributed by atoms with Crippen LogP contribution in [0.5, 0.6) is 5.75 Å². The average Bonchev–Trinajstić information content (AvgIpc) is 3.62. The van der Waals surface area contributed by atoms with E-state index in [1.807, 2.05) is 0 Å². The Labute approximate surface area is 191 Å². The highest BCUT2D eigenvalue weighted by molar-refractivity contribution is 5.90. The zero-order chi connectivity index (χ0) is 23.2. The second-order valence-corrected chi connectivity index (χ2v) is 7.67. The van der Waals surface area contributed by atoms with Crippen molar-refractivity contribution in [2.45, 2.75) is 12.5 Å². The second-order valence-electron chi connectivity index (χ2n) is 7.67. The van der Waals surface area contributed by atoms with E-state index >= 15 is 0 Å². The molecule has 0 fully saturated rings. The van der Waals surface area contributed by atoms with Gasteiger partial charge in [0, 0.05) is 24.9 Å². The highest BCUT2D eigenvalue weighted by Gasteiger charge is 2.38. The van der Waals surface area contributed by atoms with Crippen LogP contribution in [0.2, 0.25) is 0 Å². The number of ether oxygens (including phenoxy) is 1. The van der Waals surface area contributed by atoms with E-state index in [0.717, 1.165) is 5.69 Å². The fourth-order valence-corrected chi connectivity index (χ4v) is 4.09. The molecule has 0 aliphatic carbocycles. The van der Waals surface area contributed by atoms with E-state index in [9.17, 15) is 9.18 Å². The van der Waals surface area contributed by atoms with Crippen molar-refractivity contribution in [3.05, 3.63) is 77.8 Å². The summed E-state index contributed by atoms with van der Waals surface area (Å²) in [4.78, 5) is 26.8. The lowest BCUT2D eigenvalue weighted by molar-refractivity contribution is 0.0646. The molecule has 1 atom stereocenters. The summed E-state index contributed by atoms with van der Waals surface area (Å²) in [6.45, 7) is 0.355.